The lowest BCUT2D eigenvalue weighted by molar-refractivity contribution is -0.117. The van der Waals surface area contributed by atoms with E-state index in [9.17, 15) is 4.79 Å². The molecule has 136 valence electrons. The third-order valence-corrected chi connectivity index (χ3v) is 4.72. The average molecular weight is 364 g/mol. The first-order valence-electron chi connectivity index (χ1n) is 8.62. The van der Waals surface area contributed by atoms with Gasteiger partial charge in [0.1, 0.15) is 5.82 Å². The molecular weight excluding hydrogens is 338 g/mol. The Kier molecular flexibility index (Phi) is 6.96. The monoisotopic (exact) mass is 363 g/mol. The topological polar surface area (TPSA) is 82.7 Å². The number of carbonyl (C=O) groups is 1. The average Bonchev–Trinajstić information content (AvgIpc) is 3.02. The third-order valence-electron chi connectivity index (χ3n) is 4.72. The highest BCUT2D eigenvalue weighted by Gasteiger charge is 2.22. The molecule has 1 aliphatic rings. The Morgan fingerprint density at radius 2 is 1.96 bits per heavy atom. The molecule has 0 spiro atoms. The fourth-order valence-electron chi connectivity index (χ4n) is 3.26. The third kappa shape index (κ3) is 5.28. The number of anilines is 1. The summed E-state index contributed by atoms with van der Waals surface area (Å²) in [7, 11) is 0. The number of H-pyrrole nitrogens is 1. The van der Waals surface area contributed by atoms with Gasteiger partial charge in [-0.2, -0.15) is 5.10 Å². The number of carbonyl (C=O) groups excluding carboxylic acids is 1. The minimum Gasteiger partial charge on any atom is -0.326 e. The van der Waals surface area contributed by atoms with Crippen LogP contribution in [0, 0.1) is 18.8 Å². The fraction of sp³-hybridized carbons (Fsp3) is 0.500. The SMILES string of the molecule is Cc1nc(-c2ccc(NC(=O)CC(C)C3CCNCC3)cc2)n[nH]1.Cl. The lowest BCUT2D eigenvalue weighted by atomic mass is 9.84. The largest absolute Gasteiger partial charge is 0.326 e. The summed E-state index contributed by atoms with van der Waals surface area (Å²) in [5.74, 6) is 2.61. The molecule has 0 saturated carbocycles. The van der Waals surface area contributed by atoms with Crippen molar-refractivity contribution >= 4 is 24.0 Å². The zero-order chi connectivity index (χ0) is 16.9. The van der Waals surface area contributed by atoms with Gasteiger partial charge in [0.25, 0.3) is 0 Å². The highest BCUT2D eigenvalue weighted by atomic mass is 35.5. The molecule has 1 fully saturated rings. The molecule has 6 nitrogen and oxygen atoms in total. The van der Waals surface area contributed by atoms with Crippen molar-refractivity contribution in [2.24, 2.45) is 11.8 Å². The van der Waals surface area contributed by atoms with Crippen LogP contribution in [0.15, 0.2) is 24.3 Å². The number of hydrogen-bond donors (Lipinski definition) is 3. The van der Waals surface area contributed by atoms with Crippen LogP contribution in [0.1, 0.15) is 32.0 Å². The molecule has 7 heteroatoms. The minimum atomic E-state index is 0. The van der Waals surface area contributed by atoms with Gasteiger partial charge in [0.2, 0.25) is 5.91 Å². The summed E-state index contributed by atoms with van der Waals surface area (Å²) >= 11 is 0. The van der Waals surface area contributed by atoms with Crippen LogP contribution in [-0.2, 0) is 4.79 Å². The first-order chi connectivity index (χ1) is 11.6. The van der Waals surface area contributed by atoms with Crippen LogP contribution in [0.25, 0.3) is 11.4 Å². The normalized spacial score (nSPS) is 16.1. The molecule has 0 aliphatic carbocycles. The van der Waals surface area contributed by atoms with E-state index in [1.54, 1.807) is 0 Å². The predicted molar refractivity (Wildman–Crippen MR) is 102 cm³/mol. The van der Waals surface area contributed by atoms with Gasteiger partial charge in [-0.25, -0.2) is 4.98 Å². The molecule has 25 heavy (non-hydrogen) atoms. The zero-order valence-corrected chi connectivity index (χ0v) is 15.5. The van der Waals surface area contributed by atoms with Crippen LogP contribution < -0.4 is 10.6 Å². The van der Waals surface area contributed by atoms with Gasteiger partial charge in [-0.1, -0.05) is 6.92 Å². The van der Waals surface area contributed by atoms with E-state index in [1.165, 1.54) is 12.8 Å². The van der Waals surface area contributed by atoms with E-state index in [0.29, 0.717) is 24.1 Å². The Morgan fingerprint density at radius 3 is 2.56 bits per heavy atom. The molecule has 3 rings (SSSR count). The van der Waals surface area contributed by atoms with Gasteiger partial charge in [0.05, 0.1) is 0 Å². The summed E-state index contributed by atoms with van der Waals surface area (Å²) in [4.78, 5) is 16.6. The van der Waals surface area contributed by atoms with Crippen LogP contribution >= 0.6 is 12.4 Å². The van der Waals surface area contributed by atoms with Crippen LogP contribution in [0.5, 0.6) is 0 Å². The molecule has 1 saturated heterocycles. The number of hydrogen-bond acceptors (Lipinski definition) is 4. The van der Waals surface area contributed by atoms with Crippen molar-refractivity contribution in [2.75, 3.05) is 18.4 Å². The van der Waals surface area contributed by atoms with Gasteiger partial charge >= 0.3 is 0 Å². The van der Waals surface area contributed by atoms with E-state index < -0.39 is 0 Å². The molecule has 0 radical (unpaired) electrons. The van der Waals surface area contributed by atoms with E-state index >= 15 is 0 Å². The molecular formula is C18H26ClN5O. The van der Waals surface area contributed by atoms with Gasteiger partial charge in [0.15, 0.2) is 5.82 Å². The molecule has 1 aliphatic heterocycles. The molecule has 1 aromatic carbocycles. The number of piperidine rings is 1. The van der Waals surface area contributed by atoms with Crippen molar-refractivity contribution in [3.05, 3.63) is 30.1 Å². The summed E-state index contributed by atoms with van der Waals surface area (Å²) in [5.41, 5.74) is 1.74. The number of aryl methyl sites for hydroxylation is 1. The Hall–Kier alpha value is -1.92. The second-order valence-corrected chi connectivity index (χ2v) is 6.64. The maximum absolute atomic E-state index is 12.3. The van der Waals surface area contributed by atoms with Crippen LogP contribution in [-0.4, -0.2) is 34.2 Å². The van der Waals surface area contributed by atoms with Crippen molar-refractivity contribution in [3.63, 3.8) is 0 Å². The van der Waals surface area contributed by atoms with Crippen molar-refractivity contribution in [1.29, 1.82) is 0 Å². The molecule has 1 atom stereocenters. The van der Waals surface area contributed by atoms with Crippen LogP contribution in [0.4, 0.5) is 5.69 Å². The van der Waals surface area contributed by atoms with E-state index in [4.69, 9.17) is 0 Å². The maximum Gasteiger partial charge on any atom is 0.224 e. The highest BCUT2D eigenvalue weighted by molar-refractivity contribution is 5.91. The van der Waals surface area contributed by atoms with Gasteiger partial charge < -0.3 is 10.6 Å². The molecule has 2 aromatic rings. The van der Waals surface area contributed by atoms with Gasteiger partial charge in [-0.3, -0.25) is 9.89 Å². The van der Waals surface area contributed by atoms with Crippen LogP contribution in [0.2, 0.25) is 0 Å². The number of halogens is 1. The Bertz CT molecular complexity index is 679. The summed E-state index contributed by atoms with van der Waals surface area (Å²) in [5, 5.41) is 13.3. The second kappa shape index (κ2) is 8.97. The minimum absolute atomic E-state index is 0. The van der Waals surface area contributed by atoms with E-state index in [-0.39, 0.29) is 18.3 Å². The molecule has 1 unspecified atom stereocenters. The van der Waals surface area contributed by atoms with Gasteiger partial charge in [0, 0.05) is 17.7 Å². The standard InChI is InChI=1S/C18H25N5O.ClH/c1-12(14-7-9-19-10-8-14)11-17(24)21-16-5-3-15(4-6-16)18-20-13(2)22-23-18;/h3-6,12,14,19H,7-11H2,1-2H3,(H,21,24)(H,20,22,23);1H. The zero-order valence-electron chi connectivity index (χ0n) is 14.7. The second-order valence-electron chi connectivity index (χ2n) is 6.64. The van der Waals surface area contributed by atoms with E-state index in [0.717, 1.165) is 30.2 Å². The fourth-order valence-corrected chi connectivity index (χ4v) is 3.26. The number of aromatic nitrogens is 3. The van der Waals surface area contributed by atoms with E-state index in [1.807, 2.05) is 31.2 Å². The molecule has 3 N–H and O–H groups in total. The molecule has 2 heterocycles. The van der Waals surface area contributed by atoms with Crippen molar-refractivity contribution in [3.8, 4) is 11.4 Å². The summed E-state index contributed by atoms with van der Waals surface area (Å²) in [6.07, 6.45) is 2.91. The summed E-state index contributed by atoms with van der Waals surface area (Å²) in [6.45, 7) is 6.19. The predicted octanol–water partition coefficient (Wildman–Crippen LogP) is 3.17. The Labute approximate surface area is 154 Å². The maximum atomic E-state index is 12.3. The lowest BCUT2D eigenvalue weighted by Crippen LogP contribution is -2.32. The number of aromatic amines is 1. The Morgan fingerprint density at radius 1 is 1.28 bits per heavy atom. The van der Waals surface area contributed by atoms with Crippen molar-refractivity contribution < 1.29 is 4.79 Å². The first-order valence-corrected chi connectivity index (χ1v) is 8.62. The number of nitrogens with zero attached hydrogens (tertiary/aromatic N) is 2. The molecule has 1 aromatic heterocycles. The van der Waals surface area contributed by atoms with Gasteiger partial charge in [-0.15, -0.1) is 12.4 Å². The molecule has 1 amide bonds. The number of benzene rings is 1. The number of nitrogens with one attached hydrogen (secondary N) is 3. The van der Waals surface area contributed by atoms with Crippen molar-refractivity contribution in [1.82, 2.24) is 20.5 Å². The molecule has 0 bridgehead atoms. The highest BCUT2D eigenvalue weighted by Crippen LogP contribution is 2.25. The summed E-state index contributed by atoms with van der Waals surface area (Å²) in [6, 6.07) is 7.64. The van der Waals surface area contributed by atoms with Gasteiger partial charge in [-0.05, 0) is 69.0 Å². The Balaban J connectivity index is 0.00000225. The van der Waals surface area contributed by atoms with E-state index in [2.05, 4.69) is 32.7 Å². The lowest BCUT2D eigenvalue weighted by Gasteiger charge is -2.27. The van der Waals surface area contributed by atoms with Crippen LogP contribution in [0.3, 0.4) is 0 Å². The first kappa shape index (κ1) is 19.4. The van der Waals surface area contributed by atoms with Crippen molar-refractivity contribution in [2.45, 2.75) is 33.1 Å². The summed E-state index contributed by atoms with van der Waals surface area (Å²) < 4.78 is 0. The smallest absolute Gasteiger partial charge is 0.224 e. The number of amides is 1. The quantitative estimate of drug-likeness (QED) is 0.762. The number of rotatable bonds is 5.